The summed E-state index contributed by atoms with van der Waals surface area (Å²) in [5.41, 5.74) is 2.97. The third-order valence-electron chi connectivity index (χ3n) is 3.03. The minimum absolute atomic E-state index is 0.0624. The fraction of sp³-hybridized carbons (Fsp3) is 0.133. The normalized spacial score (nSPS) is 10.8. The van der Waals surface area contributed by atoms with Gasteiger partial charge in [-0.2, -0.15) is 0 Å². The maximum absolute atomic E-state index is 12.8. The molecule has 0 aliphatic rings. The molecule has 0 aliphatic heterocycles. The van der Waals surface area contributed by atoms with Crippen molar-refractivity contribution in [2.75, 3.05) is 0 Å². The molecule has 2 aromatic carbocycles. The Morgan fingerprint density at radius 3 is 2.40 bits per heavy atom. The Hall–Kier alpha value is -2.56. The van der Waals surface area contributed by atoms with Crippen LogP contribution in [0.2, 0.25) is 0 Å². The first-order valence-corrected chi connectivity index (χ1v) is 6.18. The highest BCUT2D eigenvalue weighted by molar-refractivity contribution is 5.84. The topological polar surface area (TPSA) is 56.0 Å². The van der Waals surface area contributed by atoms with Gasteiger partial charge in [0.05, 0.1) is 0 Å². The summed E-state index contributed by atoms with van der Waals surface area (Å²) in [7, 11) is 0. The van der Waals surface area contributed by atoms with E-state index in [9.17, 15) is 9.18 Å². The predicted molar refractivity (Wildman–Crippen MR) is 70.6 cm³/mol. The quantitative estimate of drug-likeness (QED) is 0.731. The molecule has 0 unspecified atom stereocenters. The van der Waals surface area contributed by atoms with Gasteiger partial charge in [-0.1, -0.05) is 18.2 Å². The van der Waals surface area contributed by atoms with Gasteiger partial charge in [0.1, 0.15) is 22.6 Å². The maximum Gasteiger partial charge on any atom is 0.141 e. The van der Waals surface area contributed by atoms with Gasteiger partial charge >= 0.3 is 0 Å². The number of benzene rings is 2. The van der Waals surface area contributed by atoms with E-state index in [4.69, 9.17) is 0 Å². The number of nitrogens with zero attached hydrogens (tertiary/aromatic N) is 2. The summed E-state index contributed by atoms with van der Waals surface area (Å²) in [4.78, 5) is 12.0. The van der Waals surface area contributed by atoms with E-state index in [1.165, 1.54) is 12.1 Å². The molecule has 1 heterocycles. The molecule has 3 aromatic rings. The lowest BCUT2D eigenvalue weighted by Crippen LogP contribution is -2.06. The van der Waals surface area contributed by atoms with Crippen molar-refractivity contribution >= 4 is 16.8 Å². The minimum Gasteiger partial charge on any atom is -0.299 e. The van der Waals surface area contributed by atoms with Crippen molar-refractivity contribution in [2.24, 2.45) is 0 Å². The van der Waals surface area contributed by atoms with Crippen LogP contribution in [0.25, 0.3) is 11.0 Å². The van der Waals surface area contributed by atoms with Crippen molar-refractivity contribution in [1.82, 2.24) is 10.3 Å². The number of halogens is 1. The van der Waals surface area contributed by atoms with E-state index < -0.39 is 0 Å². The molecule has 0 saturated heterocycles. The third-order valence-corrected chi connectivity index (χ3v) is 3.03. The summed E-state index contributed by atoms with van der Waals surface area (Å²) in [6, 6.07) is 11.3. The van der Waals surface area contributed by atoms with Gasteiger partial charge in [-0.05, 0) is 45.7 Å². The van der Waals surface area contributed by atoms with Gasteiger partial charge < -0.3 is 0 Å². The molecule has 0 aliphatic carbocycles. The Bertz CT molecular complexity index is 750. The van der Waals surface area contributed by atoms with E-state index >= 15 is 0 Å². The lowest BCUT2D eigenvalue weighted by Gasteiger charge is -2.02. The summed E-state index contributed by atoms with van der Waals surface area (Å²) in [6.07, 6.45) is 0.593. The maximum atomic E-state index is 12.8. The van der Waals surface area contributed by atoms with Crippen molar-refractivity contribution in [1.29, 1.82) is 0 Å². The number of rotatable bonds is 4. The largest absolute Gasteiger partial charge is 0.299 e. The Kier molecular flexibility index (Phi) is 3.25. The van der Waals surface area contributed by atoms with Crippen LogP contribution in [0.3, 0.4) is 0 Å². The molecule has 0 amide bonds. The van der Waals surface area contributed by atoms with Crippen LogP contribution in [-0.2, 0) is 17.6 Å². The molecular weight excluding hydrogens is 259 g/mol. The number of ketones is 1. The lowest BCUT2D eigenvalue weighted by molar-refractivity contribution is -0.117. The molecule has 0 N–H and O–H groups in total. The first-order chi connectivity index (χ1) is 9.70. The van der Waals surface area contributed by atoms with Gasteiger partial charge in [-0.25, -0.2) is 9.02 Å². The smallest absolute Gasteiger partial charge is 0.141 e. The monoisotopic (exact) mass is 270 g/mol. The average Bonchev–Trinajstić information content (AvgIpc) is 2.89. The highest BCUT2D eigenvalue weighted by Gasteiger charge is 2.08. The molecule has 0 radical (unpaired) electrons. The number of carbonyl (C=O) groups is 1. The molecular formula is C15H11FN2O2. The van der Waals surface area contributed by atoms with E-state index in [1.807, 2.05) is 6.07 Å². The van der Waals surface area contributed by atoms with Crippen LogP contribution in [0.15, 0.2) is 47.1 Å². The summed E-state index contributed by atoms with van der Waals surface area (Å²) in [6.45, 7) is 0. The van der Waals surface area contributed by atoms with Crippen molar-refractivity contribution in [3.05, 3.63) is 59.4 Å². The average molecular weight is 270 g/mol. The number of hydrogen-bond acceptors (Lipinski definition) is 4. The van der Waals surface area contributed by atoms with Crippen molar-refractivity contribution in [3.8, 4) is 0 Å². The highest BCUT2D eigenvalue weighted by atomic mass is 19.1. The van der Waals surface area contributed by atoms with E-state index in [0.717, 1.165) is 11.1 Å². The lowest BCUT2D eigenvalue weighted by atomic mass is 10.0. The van der Waals surface area contributed by atoms with Gasteiger partial charge in [-0.15, -0.1) is 0 Å². The van der Waals surface area contributed by atoms with Gasteiger partial charge in [0.25, 0.3) is 0 Å². The molecule has 4 nitrogen and oxygen atoms in total. The second-order valence-electron chi connectivity index (χ2n) is 4.61. The van der Waals surface area contributed by atoms with Gasteiger partial charge in [-0.3, -0.25) is 4.79 Å². The molecule has 100 valence electrons. The molecule has 0 saturated carbocycles. The third kappa shape index (κ3) is 2.71. The molecule has 5 heteroatoms. The summed E-state index contributed by atoms with van der Waals surface area (Å²) < 4.78 is 17.4. The van der Waals surface area contributed by atoms with E-state index in [1.54, 1.807) is 24.3 Å². The zero-order valence-electron chi connectivity index (χ0n) is 10.5. The van der Waals surface area contributed by atoms with Crippen molar-refractivity contribution in [2.45, 2.75) is 12.8 Å². The highest BCUT2D eigenvalue weighted by Crippen LogP contribution is 2.13. The second kappa shape index (κ2) is 5.21. The molecule has 3 rings (SSSR count). The van der Waals surface area contributed by atoms with E-state index in [2.05, 4.69) is 14.9 Å². The van der Waals surface area contributed by atoms with Crippen LogP contribution in [0.5, 0.6) is 0 Å². The van der Waals surface area contributed by atoms with Crippen LogP contribution in [0.4, 0.5) is 4.39 Å². The number of carbonyl (C=O) groups excluding carboxylic acids is 1. The van der Waals surface area contributed by atoms with Crippen LogP contribution < -0.4 is 0 Å². The molecule has 0 fully saturated rings. The predicted octanol–water partition coefficient (Wildman–Crippen LogP) is 2.72. The Morgan fingerprint density at radius 2 is 1.60 bits per heavy atom. The SMILES string of the molecule is O=C(Cc1ccc(F)cc1)Cc1ccc2nonc2c1. The number of aromatic nitrogens is 2. The Morgan fingerprint density at radius 1 is 0.950 bits per heavy atom. The van der Waals surface area contributed by atoms with Gasteiger partial charge in [0.2, 0.25) is 0 Å². The van der Waals surface area contributed by atoms with E-state index in [-0.39, 0.29) is 18.0 Å². The Balaban J connectivity index is 1.70. The number of fused-ring (bicyclic) bond motifs is 1. The van der Waals surface area contributed by atoms with Gasteiger partial charge in [0.15, 0.2) is 0 Å². The first-order valence-electron chi connectivity index (χ1n) is 6.18. The molecule has 0 bridgehead atoms. The zero-order chi connectivity index (χ0) is 13.9. The molecule has 1 aromatic heterocycles. The molecule has 0 spiro atoms. The van der Waals surface area contributed by atoms with Crippen LogP contribution in [0.1, 0.15) is 11.1 Å². The first kappa shape index (κ1) is 12.5. The summed E-state index contributed by atoms with van der Waals surface area (Å²) in [5.74, 6) is -0.238. The fourth-order valence-electron chi connectivity index (χ4n) is 2.06. The van der Waals surface area contributed by atoms with Crippen molar-refractivity contribution < 1.29 is 13.8 Å². The second-order valence-corrected chi connectivity index (χ2v) is 4.61. The molecule has 20 heavy (non-hydrogen) atoms. The van der Waals surface area contributed by atoms with Crippen LogP contribution in [-0.4, -0.2) is 16.1 Å². The van der Waals surface area contributed by atoms with E-state index in [0.29, 0.717) is 17.5 Å². The van der Waals surface area contributed by atoms with Crippen LogP contribution in [0, 0.1) is 5.82 Å². The van der Waals surface area contributed by atoms with Gasteiger partial charge in [0, 0.05) is 12.8 Å². The fourth-order valence-corrected chi connectivity index (χ4v) is 2.06. The zero-order valence-corrected chi connectivity index (χ0v) is 10.5. The Labute approximate surface area is 114 Å². The van der Waals surface area contributed by atoms with Crippen molar-refractivity contribution in [3.63, 3.8) is 0 Å². The summed E-state index contributed by atoms with van der Waals surface area (Å²) >= 11 is 0. The summed E-state index contributed by atoms with van der Waals surface area (Å²) in [5, 5.41) is 7.45. The minimum atomic E-state index is -0.301. The van der Waals surface area contributed by atoms with Crippen LogP contribution >= 0.6 is 0 Å². The molecule has 0 atom stereocenters. The number of hydrogen-bond donors (Lipinski definition) is 0. The standard InChI is InChI=1S/C15H11FN2O2/c16-12-4-1-10(2-5-12)7-13(19)8-11-3-6-14-15(9-11)18-20-17-14/h1-6,9H,7-8H2. The number of Topliss-reactive ketones (excluding diaryl/α,β-unsaturated/α-hetero) is 1.